The van der Waals surface area contributed by atoms with Gasteiger partial charge in [0.05, 0.1) is 12.1 Å². The van der Waals surface area contributed by atoms with Crippen molar-refractivity contribution < 1.29 is 32.6 Å². The molecule has 0 spiro atoms. The van der Waals surface area contributed by atoms with Gasteiger partial charge in [0.25, 0.3) is 0 Å². The van der Waals surface area contributed by atoms with Crippen LogP contribution in [0.3, 0.4) is 0 Å². The quantitative estimate of drug-likeness (QED) is 0.520. The van der Waals surface area contributed by atoms with Crippen LogP contribution in [0.25, 0.3) is 10.9 Å². The Morgan fingerprint density at radius 3 is 2.55 bits per heavy atom. The topological polar surface area (TPSA) is 112 Å². The van der Waals surface area contributed by atoms with Crippen LogP contribution in [-0.4, -0.2) is 46.7 Å². The Balaban J connectivity index is 0.000000423. The molecule has 0 amide bonds. The molecule has 11 heteroatoms. The van der Waals surface area contributed by atoms with Crippen LogP contribution in [0.5, 0.6) is 0 Å². The van der Waals surface area contributed by atoms with Gasteiger partial charge < -0.3 is 20.1 Å². The number of ether oxygens (including phenoxy) is 1. The maximum absolute atomic E-state index is 12.9. The van der Waals surface area contributed by atoms with Gasteiger partial charge in [0.2, 0.25) is 5.43 Å². The SMILES string of the molecule is CCOC(=O)c1cn2c3c(cc(SCCN)cc3c1=O)CCC2C.O=C(O)C(F)(F)F. The van der Waals surface area contributed by atoms with Crippen molar-refractivity contribution in [3.05, 3.63) is 39.7 Å². The van der Waals surface area contributed by atoms with E-state index in [0.717, 1.165) is 34.6 Å². The molecule has 2 aromatic rings. The smallest absolute Gasteiger partial charge is 0.475 e. The summed E-state index contributed by atoms with van der Waals surface area (Å²) >= 11 is 1.64. The first-order valence-corrected chi connectivity index (χ1v) is 10.5. The Bertz CT molecular complexity index is 1040. The summed E-state index contributed by atoms with van der Waals surface area (Å²) in [6.07, 6.45) is -1.49. The lowest BCUT2D eigenvalue weighted by atomic mass is 9.96. The maximum atomic E-state index is 12.9. The van der Waals surface area contributed by atoms with Gasteiger partial charge in [0, 0.05) is 34.8 Å². The third-order valence-electron chi connectivity index (χ3n) is 4.61. The molecule has 1 aliphatic rings. The molecule has 0 fully saturated rings. The van der Waals surface area contributed by atoms with Gasteiger partial charge in [-0.25, -0.2) is 9.59 Å². The number of carbonyl (C=O) groups excluding carboxylic acids is 1. The highest BCUT2D eigenvalue weighted by Crippen LogP contribution is 2.33. The summed E-state index contributed by atoms with van der Waals surface area (Å²) in [5.41, 5.74) is 7.58. The first-order valence-electron chi connectivity index (χ1n) is 9.53. The minimum atomic E-state index is -5.08. The van der Waals surface area contributed by atoms with E-state index < -0.39 is 18.1 Å². The van der Waals surface area contributed by atoms with Crippen molar-refractivity contribution in [2.75, 3.05) is 18.9 Å². The second-order valence-electron chi connectivity index (χ2n) is 6.81. The van der Waals surface area contributed by atoms with Gasteiger partial charge in [0.1, 0.15) is 5.56 Å². The van der Waals surface area contributed by atoms with E-state index in [9.17, 15) is 22.8 Å². The van der Waals surface area contributed by atoms with E-state index in [4.69, 9.17) is 20.4 Å². The highest BCUT2D eigenvalue weighted by molar-refractivity contribution is 7.99. The Hall–Kier alpha value is -2.53. The van der Waals surface area contributed by atoms with Crippen LogP contribution in [0.15, 0.2) is 28.0 Å². The number of aliphatic carboxylic acids is 1. The first kappa shape index (κ1) is 24.7. The highest BCUT2D eigenvalue weighted by Gasteiger charge is 2.38. The summed E-state index contributed by atoms with van der Waals surface area (Å²) in [7, 11) is 0. The molecule has 0 saturated heterocycles. The molecule has 2 heterocycles. The summed E-state index contributed by atoms with van der Waals surface area (Å²) in [6.45, 7) is 4.69. The van der Waals surface area contributed by atoms with Crippen molar-refractivity contribution >= 4 is 34.6 Å². The summed E-state index contributed by atoms with van der Waals surface area (Å²) < 4.78 is 38.9. The third kappa shape index (κ3) is 5.79. The highest BCUT2D eigenvalue weighted by atomic mass is 32.2. The lowest BCUT2D eigenvalue weighted by Crippen LogP contribution is -2.25. The maximum Gasteiger partial charge on any atom is 0.490 e. The van der Waals surface area contributed by atoms with Crippen LogP contribution < -0.4 is 11.2 Å². The zero-order valence-corrected chi connectivity index (χ0v) is 17.8. The zero-order valence-electron chi connectivity index (χ0n) is 17.0. The monoisotopic (exact) mass is 460 g/mol. The minimum absolute atomic E-state index is 0.116. The van der Waals surface area contributed by atoms with Gasteiger partial charge in [-0.2, -0.15) is 13.2 Å². The molecule has 7 nitrogen and oxygen atoms in total. The number of hydrogen-bond donors (Lipinski definition) is 2. The van der Waals surface area contributed by atoms with Gasteiger partial charge in [-0.05, 0) is 44.4 Å². The molecule has 0 saturated carbocycles. The van der Waals surface area contributed by atoms with E-state index in [1.165, 1.54) is 0 Å². The molecule has 31 heavy (non-hydrogen) atoms. The van der Waals surface area contributed by atoms with E-state index in [2.05, 4.69) is 17.6 Å². The van der Waals surface area contributed by atoms with Gasteiger partial charge in [-0.1, -0.05) is 0 Å². The molecular weight excluding hydrogens is 437 g/mol. The molecule has 1 aliphatic heterocycles. The fourth-order valence-corrected chi connectivity index (χ4v) is 3.99. The number of nitrogens with two attached hydrogens (primary N) is 1. The molecule has 1 aromatic heterocycles. The van der Waals surface area contributed by atoms with E-state index in [0.29, 0.717) is 11.9 Å². The van der Waals surface area contributed by atoms with Crippen LogP contribution in [0.4, 0.5) is 13.2 Å². The second kappa shape index (κ2) is 10.2. The summed E-state index contributed by atoms with van der Waals surface area (Å²) in [6, 6.07) is 4.28. The Morgan fingerprint density at radius 2 is 2.00 bits per heavy atom. The predicted octanol–water partition coefficient (Wildman–Crippen LogP) is 3.37. The van der Waals surface area contributed by atoms with Crippen LogP contribution in [0.1, 0.15) is 42.2 Å². The summed E-state index contributed by atoms with van der Waals surface area (Å²) in [4.78, 5) is 35.0. The van der Waals surface area contributed by atoms with Crippen molar-refractivity contribution in [1.29, 1.82) is 0 Å². The number of carbonyl (C=O) groups is 2. The average Bonchev–Trinajstić information content (AvgIpc) is 2.70. The van der Waals surface area contributed by atoms with Crippen LogP contribution in [0, 0.1) is 0 Å². The summed E-state index contributed by atoms with van der Waals surface area (Å²) in [5, 5.41) is 7.73. The molecule has 1 aromatic carbocycles. The largest absolute Gasteiger partial charge is 0.490 e. The Kier molecular flexibility index (Phi) is 8.13. The fourth-order valence-electron chi connectivity index (χ4n) is 3.21. The number of hydrogen-bond acceptors (Lipinski definition) is 6. The number of carboxylic acid groups (broad SMARTS) is 1. The van der Waals surface area contributed by atoms with Crippen molar-refractivity contribution in [2.24, 2.45) is 5.73 Å². The van der Waals surface area contributed by atoms with E-state index in [1.54, 1.807) is 24.9 Å². The van der Waals surface area contributed by atoms with E-state index in [1.807, 2.05) is 6.07 Å². The number of pyridine rings is 1. The van der Waals surface area contributed by atoms with Crippen LogP contribution >= 0.6 is 11.8 Å². The number of rotatable bonds is 5. The van der Waals surface area contributed by atoms with Crippen LogP contribution in [0.2, 0.25) is 0 Å². The molecule has 1 unspecified atom stereocenters. The molecule has 0 bridgehead atoms. The first-order chi connectivity index (χ1) is 14.5. The molecule has 170 valence electrons. The number of carboxylic acids is 1. The number of aromatic nitrogens is 1. The van der Waals surface area contributed by atoms with Crippen molar-refractivity contribution in [3.63, 3.8) is 0 Å². The fraction of sp³-hybridized carbons (Fsp3) is 0.450. The molecular formula is C20H23F3N2O5S. The van der Waals surface area contributed by atoms with Gasteiger partial charge >= 0.3 is 18.1 Å². The number of halogens is 3. The second-order valence-corrected chi connectivity index (χ2v) is 7.97. The summed E-state index contributed by atoms with van der Waals surface area (Å²) in [5.74, 6) is -2.51. The standard InChI is InChI=1S/C18H22N2O3S.C2HF3O2/c1-3-23-18(22)15-10-20-11(2)4-5-12-8-13(24-7-6-19)9-14(16(12)20)17(15)21;3-2(4,5)1(6)7/h8-11H,3-7,19H2,1-2H3;(H,6,7). The number of alkyl halides is 3. The molecule has 3 rings (SSSR count). The lowest BCUT2D eigenvalue weighted by molar-refractivity contribution is -0.192. The molecule has 0 radical (unpaired) electrons. The van der Waals surface area contributed by atoms with Crippen molar-refractivity contribution in [1.82, 2.24) is 4.57 Å². The third-order valence-corrected chi connectivity index (χ3v) is 5.62. The Morgan fingerprint density at radius 1 is 1.35 bits per heavy atom. The van der Waals surface area contributed by atoms with E-state index in [-0.39, 0.29) is 23.6 Å². The predicted molar refractivity (Wildman–Crippen MR) is 111 cm³/mol. The van der Waals surface area contributed by atoms with Crippen molar-refractivity contribution in [3.8, 4) is 0 Å². The number of benzene rings is 1. The van der Waals surface area contributed by atoms with Crippen LogP contribution in [-0.2, 0) is 16.0 Å². The van der Waals surface area contributed by atoms with Crippen molar-refractivity contribution in [2.45, 2.75) is 43.8 Å². The molecule has 0 aliphatic carbocycles. The Labute approximate surface area is 180 Å². The molecule has 1 atom stereocenters. The lowest BCUT2D eigenvalue weighted by Gasteiger charge is -2.27. The van der Waals surface area contributed by atoms with Gasteiger partial charge in [-0.15, -0.1) is 11.8 Å². The minimum Gasteiger partial charge on any atom is -0.475 e. The van der Waals surface area contributed by atoms with Gasteiger partial charge in [0.15, 0.2) is 0 Å². The van der Waals surface area contributed by atoms with E-state index >= 15 is 0 Å². The normalized spacial score (nSPS) is 15.2. The number of thioether (sulfide) groups is 1. The number of aryl methyl sites for hydroxylation is 1. The van der Waals surface area contributed by atoms with Gasteiger partial charge in [-0.3, -0.25) is 4.79 Å². The average molecular weight is 460 g/mol. The number of esters is 1. The number of nitrogens with zero attached hydrogens (tertiary/aromatic N) is 1. The molecule has 3 N–H and O–H groups in total. The zero-order chi connectivity index (χ0) is 23.3.